The molecule has 3 heteroatoms. The Hall–Kier alpha value is -0.570. The fourth-order valence-corrected chi connectivity index (χ4v) is 2.70. The maximum atomic E-state index is 12.1. The molecule has 0 spiro atoms. The van der Waals surface area contributed by atoms with E-state index in [2.05, 4.69) is 24.1 Å². The van der Waals surface area contributed by atoms with Gasteiger partial charge in [0.2, 0.25) is 5.91 Å². The second-order valence-corrected chi connectivity index (χ2v) is 4.67. The van der Waals surface area contributed by atoms with Gasteiger partial charge in [0.1, 0.15) is 0 Å². The van der Waals surface area contributed by atoms with Crippen LogP contribution in [0.5, 0.6) is 0 Å². The fraction of sp³-hybridized carbons (Fsp3) is 0.909. The Morgan fingerprint density at radius 1 is 1.21 bits per heavy atom. The Balaban J connectivity index is 2.02. The van der Waals surface area contributed by atoms with E-state index in [0.29, 0.717) is 18.0 Å². The predicted octanol–water partition coefficient (Wildman–Crippen LogP) is 1.14. The first-order chi connectivity index (χ1) is 6.70. The molecule has 0 bridgehead atoms. The summed E-state index contributed by atoms with van der Waals surface area (Å²) in [5, 5.41) is 3.28. The van der Waals surface area contributed by atoms with Crippen molar-refractivity contribution < 1.29 is 4.79 Å². The van der Waals surface area contributed by atoms with Crippen LogP contribution in [0, 0.1) is 0 Å². The van der Waals surface area contributed by atoms with E-state index in [1.165, 1.54) is 12.8 Å². The lowest BCUT2D eigenvalue weighted by Gasteiger charge is -2.29. The van der Waals surface area contributed by atoms with Crippen LogP contribution in [-0.4, -0.2) is 35.5 Å². The summed E-state index contributed by atoms with van der Waals surface area (Å²) >= 11 is 0. The first-order valence-corrected chi connectivity index (χ1v) is 5.75. The van der Waals surface area contributed by atoms with Crippen LogP contribution in [0.1, 0.15) is 39.5 Å². The molecule has 0 aromatic carbocycles. The molecule has 0 saturated carbocycles. The molecule has 2 rings (SSSR count). The minimum Gasteiger partial charge on any atom is -0.336 e. The zero-order chi connectivity index (χ0) is 10.1. The van der Waals surface area contributed by atoms with Crippen molar-refractivity contribution in [2.45, 2.75) is 57.7 Å². The van der Waals surface area contributed by atoms with Gasteiger partial charge in [0, 0.05) is 12.1 Å². The summed E-state index contributed by atoms with van der Waals surface area (Å²) in [6.45, 7) is 5.33. The molecule has 2 heterocycles. The van der Waals surface area contributed by atoms with E-state index < -0.39 is 0 Å². The highest BCUT2D eigenvalue weighted by molar-refractivity contribution is 5.83. The molecule has 0 radical (unpaired) electrons. The summed E-state index contributed by atoms with van der Waals surface area (Å²) in [6.07, 6.45) is 4.50. The molecule has 2 aliphatic heterocycles. The van der Waals surface area contributed by atoms with E-state index in [0.717, 1.165) is 19.4 Å². The average Bonchev–Trinajstić information content (AvgIpc) is 2.75. The molecule has 1 N–H and O–H groups in total. The van der Waals surface area contributed by atoms with E-state index in [9.17, 15) is 4.79 Å². The lowest BCUT2D eigenvalue weighted by Crippen LogP contribution is -2.47. The van der Waals surface area contributed by atoms with Gasteiger partial charge >= 0.3 is 0 Å². The third-order valence-corrected chi connectivity index (χ3v) is 3.56. The second-order valence-electron chi connectivity index (χ2n) is 4.67. The van der Waals surface area contributed by atoms with Crippen LogP contribution in [0.15, 0.2) is 0 Å². The van der Waals surface area contributed by atoms with Crippen molar-refractivity contribution in [1.82, 2.24) is 10.2 Å². The first kappa shape index (κ1) is 9.97. The van der Waals surface area contributed by atoms with E-state index in [1.54, 1.807) is 0 Å². The normalized spacial score (nSPS) is 37.9. The van der Waals surface area contributed by atoms with Gasteiger partial charge in [-0.05, 0) is 46.1 Å². The molecule has 0 aliphatic carbocycles. The lowest BCUT2D eigenvalue weighted by atomic mass is 10.2. The predicted molar refractivity (Wildman–Crippen MR) is 56.0 cm³/mol. The van der Waals surface area contributed by atoms with Gasteiger partial charge < -0.3 is 10.2 Å². The van der Waals surface area contributed by atoms with Crippen LogP contribution in [-0.2, 0) is 4.79 Å². The Labute approximate surface area is 85.8 Å². The van der Waals surface area contributed by atoms with Crippen LogP contribution in [0.25, 0.3) is 0 Å². The number of nitrogens with one attached hydrogen (secondary N) is 1. The van der Waals surface area contributed by atoms with Gasteiger partial charge in [-0.2, -0.15) is 0 Å². The molecule has 3 nitrogen and oxygen atoms in total. The highest BCUT2D eigenvalue weighted by Crippen LogP contribution is 2.25. The van der Waals surface area contributed by atoms with Gasteiger partial charge in [0.25, 0.3) is 0 Å². The smallest absolute Gasteiger partial charge is 0.240 e. The van der Waals surface area contributed by atoms with Crippen LogP contribution in [0.3, 0.4) is 0 Å². The summed E-state index contributed by atoms with van der Waals surface area (Å²) in [4.78, 5) is 14.2. The molecule has 1 amide bonds. The molecule has 2 aliphatic rings. The molecule has 2 unspecified atom stereocenters. The number of hydrogen-bond donors (Lipinski definition) is 1. The number of carbonyl (C=O) groups is 1. The van der Waals surface area contributed by atoms with Crippen molar-refractivity contribution >= 4 is 5.91 Å². The number of carbonyl (C=O) groups excluding carboxylic acids is 1. The fourth-order valence-electron chi connectivity index (χ4n) is 2.70. The molecular formula is C11H20N2O. The van der Waals surface area contributed by atoms with Gasteiger partial charge in [-0.3, -0.25) is 4.79 Å². The first-order valence-electron chi connectivity index (χ1n) is 5.75. The summed E-state index contributed by atoms with van der Waals surface area (Å²) in [7, 11) is 0. The molecule has 3 atom stereocenters. The second kappa shape index (κ2) is 3.89. The van der Waals surface area contributed by atoms with Crippen LogP contribution in [0.4, 0.5) is 0 Å². The van der Waals surface area contributed by atoms with Gasteiger partial charge in [-0.25, -0.2) is 0 Å². The summed E-state index contributed by atoms with van der Waals surface area (Å²) in [5.74, 6) is 0.333. The van der Waals surface area contributed by atoms with E-state index in [4.69, 9.17) is 0 Å². The maximum Gasteiger partial charge on any atom is 0.240 e. The highest BCUT2D eigenvalue weighted by atomic mass is 16.2. The largest absolute Gasteiger partial charge is 0.336 e. The number of amides is 1. The van der Waals surface area contributed by atoms with Crippen molar-refractivity contribution in [3.63, 3.8) is 0 Å². The van der Waals surface area contributed by atoms with Gasteiger partial charge in [-0.15, -0.1) is 0 Å². The SMILES string of the molecule is CC1CCC(C)N1C(=O)[C@@H]1CCCN1. The van der Waals surface area contributed by atoms with Crippen molar-refractivity contribution in [2.75, 3.05) is 6.54 Å². The highest BCUT2D eigenvalue weighted by Gasteiger charge is 2.35. The van der Waals surface area contributed by atoms with Crippen molar-refractivity contribution in [1.29, 1.82) is 0 Å². The Morgan fingerprint density at radius 3 is 2.36 bits per heavy atom. The minimum atomic E-state index is 0.109. The monoisotopic (exact) mass is 196 g/mol. The lowest BCUT2D eigenvalue weighted by molar-refractivity contribution is -0.135. The standard InChI is InChI=1S/C11H20N2O/c1-8-5-6-9(2)13(8)11(14)10-4-3-7-12-10/h8-10,12H,3-7H2,1-2H3/t8?,9?,10-/m0/s1. The number of likely N-dealkylation sites (tertiary alicyclic amines) is 1. The van der Waals surface area contributed by atoms with E-state index in [1.807, 2.05) is 0 Å². The summed E-state index contributed by atoms with van der Waals surface area (Å²) in [6, 6.07) is 0.998. The van der Waals surface area contributed by atoms with Crippen molar-refractivity contribution in [3.05, 3.63) is 0 Å². The number of rotatable bonds is 1. The maximum absolute atomic E-state index is 12.1. The van der Waals surface area contributed by atoms with Crippen LogP contribution < -0.4 is 5.32 Å². The Kier molecular flexibility index (Phi) is 2.77. The van der Waals surface area contributed by atoms with Gasteiger partial charge in [-0.1, -0.05) is 0 Å². The molecular weight excluding hydrogens is 176 g/mol. The van der Waals surface area contributed by atoms with Gasteiger partial charge in [0.05, 0.1) is 6.04 Å². The van der Waals surface area contributed by atoms with Crippen molar-refractivity contribution in [3.8, 4) is 0 Å². The van der Waals surface area contributed by atoms with E-state index in [-0.39, 0.29) is 6.04 Å². The van der Waals surface area contributed by atoms with Gasteiger partial charge in [0.15, 0.2) is 0 Å². The topological polar surface area (TPSA) is 32.3 Å². The quantitative estimate of drug-likeness (QED) is 0.682. The number of nitrogens with zero attached hydrogens (tertiary/aromatic N) is 1. The van der Waals surface area contributed by atoms with Crippen molar-refractivity contribution in [2.24, 2.45) is 0 Å². The third-order valence-electron chi connectivity index (χ3n) is 3.56. The molecule has 0 aromatic heterocycles. The Bertz CT molecular complexity index is 213. The summed E-state index contributed by atoms with van der Waals surface area (Å²) in [5.41, 5.74) is 0. The Morgan fingerprint density at radius 2 is 1.86 bits per heavy atom. The van der Waals surface area contributed by atoms with Crippen LogP contribution in [0.2, 0.25) is 0 Å². The average molecular weight is 196 g/mol. The molecule has 2 fully saturated rings. The van der Waals surface area contributed by atoms with E-state index >= 15 is 0 Å². The summed E-state index contributed by atoms with van der Waals surface area (Å²) < 4.78 is 0. The zero-order valence-electron chi connectivity index (χ0n) is 9.12. The van der Waals surface area contributed by atoms with Crippen LogP contribution >= 0.6 is 0 Å². The molecule has 0 aromatic rings. The molecule has 80 valence electrons. The molecule has 14 heavy (non-hydrogen) atoms. The minimum absolute atomic E-state index is 0.109. The third kappa shape index (κ3) is 1.65. The zero-order valence-corrected chi connectivity index (χ0v) is 9.12. The number of hydrogen-bond acceptors (Lipinski definition) is 2. The molecule has 2 saturated heterocycles.